The Morgan fingerprint density at radius 3 is 2.79 bits per heavy atom. The summed E-state index contributed by atoms with van der Waals surface area (Å²) in [6.45, 7) is 3.62. The van der Waals surface area contributed by atoms with E-state index in [1.807, 2.05) is 25.1 Å². The third-order valence-electron chi connectivity index (χ3n) is 1.89. The molecule has 4 heteroatoms. The number of carbonyl (C=O) groups is 1. The standard InChI is InChI=1S/C10H11ClINO/c1-6-8(12)4-3-5-9(6)13-10(14)7(2)11/h3-5,7H,1-2H3,(H,13,14). The smallest absolute Gasteiger partial charge is 0.242 e. The van der Waals surface area contributed by atoms with E-state index in [2.05, 4.69) is 27.9 Å². The molecule has 1 rings (SSSR count). The summed E-state index contributed by atoms with van der Waals surface area (Å²) in [5, 5.41) is 2.27. The van der Waals surface area contributed by atoms with Crippen LogP contribution in [0.1, 0.15) is 12.5 Å². The van der Waals surface area contributed by atoms with Crippen molar-refractivity contribution in [2.45, 2.75) is 19.2 Å². The van der Waals surface area contributed by atoms with Crippen molar-refractivity contribution in [3.05, 3.63) is 27.3 Å². The molecule has 1 atom stereocenters. The SMILES string of the molecule is Cc1c(I)cccc1NC(=O)C(C)Cl. The molecule has 1 aromatic rings. The van der Waals surface area contributed by atoms with Crippen molar-refractivity contribution < 1.29 is 4.79 Å². The summed E-state index contributed by atoms with van der Waals surface area (Å²) in [5.41, 5.74) is 1.90. The Labute approximate surface area is 102 Å². The monoisotopic (exact) mass is 323 g/mol. The number of amides is 1. The summed E-state index contributed by atoms with van der Waals surface area (Å²) in [4.78, 5) is 11.3. The van der Waals surface area contributed by atoms with Crippen LogP contribution in [-0.2, 0) is 4.79 Å². The lowest BCUT2D eigenvalue weighted by Crippen LogP contribution is -2.20. The van der Waals surface area contributed by atoms with Crippen LogP contribution in [0.2, 0.25) is 0 Å². The van der Waals surface area contributed by atoms with Crippen LogP contribution in [0, 0.1) is 10.5 Å². The van der Waals surface area contributed by atoms with Crippen LogP contribution < -0.4 is 5.32 Å². The largest absolute Gasteiger partial charge is 0.325 e. The second-order valence-electron chi connectivity index (χ2n) is 3.02. The maximum Gasteiger partial charge on any atom is 0.242 e. The van der Waals surface area contributed by atoms with Gasteiger partial charge in [-0.1, -0.05) is 6.07 Å². The molecule has 0 aliphatic heterocycles. The highest BCUT2D eigenvalue weighted by molar-refractivity contribution is 14.1. The first-order valence-corrected chi connectivity index (χ1v) is 5.74. The van der Waals surface area contributed by atoms with Crippen molar-refractivity contribution in [1.29, 1.82) is 0 Å². The molecule has 0 spiro atoms. The lowest BCUT2D eigenvalue weighted by atomic mass is 10.2. The van der Waals surface area contributed by atoms with Gasteiger partial charge >= 0.3 is 0 Å². The minimum atomic E-state index is -0.507. The normalized spacial score (nSPS) is 12.3. The topological polar surface area (TPSA) is 29.1 Å². The Kier molecular flexibility index (Phi) is 4.19. The van der Waals surface area contributed by atoms with E-state index in [0.29, 0.717) is 0 Å². The Morgan fingerprint density at radius 2 is 2.21 bits per heavy atom. The number of carbonyl (C=O) groups excluding carboxylic acids is 1. The number of nitrogens with one attached hydrogen (secondary N) is 1. The second-order valence-corrected chi connectivity index (χ2v) is 4.83. The molecule has 0 fully saturated rings. The van der Waals surface area contributed by atoms with Gasteiger partial charge in [0.25, 0.3) is 0 Å². The van der Waals surface area contributed by atoms with Gasteiger partial charge in [0.2, 0.25) is 5.91 Å². The van der Waals surface area contributed by atoms with E-state index in [9.17, 15) is 4.79 Å². The van der Waals surface area contributed by atoms with E-state index in [0.717, 1.165) is 14.8 Å². The van der Waals surface area contributed by atoms with Crippen LogP contribution in [0.3, 0.4) is 0 Å². The number of rotatable bonds is 2. The zero-order valence-electron chi connectivity index (χ0n) is 7.97. The molecule has 1 amide bonds. The fourth-order valence-corrected chi connectivity index (χ4v) is 1.53. The summed E-state index contributed by atoms with van der Waals surface area (Å²) in [7, 11) is 0. The van der Waals surface area contributed by atoms with Crippen molar-refractivity contribution in [1.82, 2.24) is 0 Å². The predicted molar refractivity (Wildman–Crippen MR) is 67.8 cm³/mol. The van der Waals surface area contributed by atoms with E-state index < -0.39 is 5.38 Å². The number of hydrogen-bond donors (Lipinski definition) is 1. The van der Waals surface area contributed by atoms with Crippen LogP contribution in [0.5, 0.6) is 0 Å². The van der Waals surface area contributed by atoms with Crippen LogP contribution >= 0.6 is 34.2 Å². The third-order valence-corrected chi connectivity index (χ3v) is 3.25. The number of alkyl halides is 1. The molecule has 0 aliphatic carbocycles. The number of benzene rings is 1. The van der Waals surface area contributed by atoms with Crippen LogP contribution in [0.4, 0.5) is 5.69 Å². The van der Waals surface area contributed by atoms with E-state index in [1.54, 1.807) is 6.92 Å². The van der Waals surface area contributed by atoms with Crippen molar-refractivity contribution in [2.24, 2.45) is 0 Å². The fraction of sp³-hybridized carbons (Fsp3) is 0.300. The first-order chi connectivity index (χ1) is 6.52. The van der Waals surface area contributed by atoms with Gasteiger partial charge in [-0.25, -0.2) is 0 Å². The fourth-order valence-electron chi connectivity index (χ4n) is 0.975. The van der Waals surface area contributed by atoms with Gasteiger partial charge in [-0.05, 0) is 54.1 Å². The third kappa shape index (κ3) is 2.85. The minimum absolute atomic E-state index is 0.170. The molecule has 0 aromatic heterocycles. The molecule has 1 N–H and O–H groups in total. The van der Waals surface area contributed by atoms with Gasteiger partial charge in [-0.3, -0.25) is 4.79 Å². The summed E-state index contributed by atoms with van der Waals surface area (Å²) >= 11 is 7.89. The molecule has 0 heterocycles. The molecule has 0 bridgehead atoms. The maximum atomic E-state index is 11.3. The number of hydrogen-bond acceptors (Lipinski definition) is 1. The highest BCUT2D eigenvalue weighted by Crippen LogP contribution is 2.20. The van der Waals surface area contributed by atoms with Gasteiger partial charge in [0.1, 0.15) is 5.38 Å². The number of anilines is 1. The summed E-state index contributed by atoms with van der Waals surface area (Å²) in [6, 6.07) is 5.77. The predicted octanol–water partition coefficient (Wildman–Crippen LogP) is 3.17. The van der Waals surface area contributed by atoms with Crippen molar-refractivity contribution >= 4 is 45.8 Å². The average molecular weight is 324 g/mol. The lowest BCUT2D eigenvalue weighted by molar-refractivity contribution is -0.115. The Hall–Kier alpha value is -0.290. The van der Waals surface area contributed by atoms with E-state index in [1.165, 1.54) is 0 Å². The molecule has 0 radical (unpaired) electrons. The molecule has 0 aliphatic rings. The Morgan fingerprint density at radius 1 is 1.57 bits per heavy atom. The summed E-state index contributed by atoms with van der Waals surface area (Å²) in [5.74, 6) is -0.170. The van der Waals surface area contributed by atoms with Crippen LogP contribution in [0.15, 0.2) is 18.2 Å². The highest BCUT2D eigenvalue weighted by atomic mass is 127. The van der Waals surface area contributed by atoms with E-state index >= 15 is 0 Å². The Bertz CT molecular complexity index is 352. The lowest BCUT2D eigenvalue weighted by Gasteiger charge is -2.10. The van der Waals surface area contributed by atoms with E-state index in [4.69, 9.17) is 11.6 Å². The molecule has 0 saturated carbocycles. The van der Waals surface area contributed by atoms with Gasteiger partial charge in [0.05, 0.1) is 0 Å². The summed E-state index contributed by atoms with van der Waals surface area (Å²) in [6.07, 6.45) is 0. The van der Waals surface area contributed by atoms with Gasteiger partial charge in [0.15, 0.2) is 0 Å². The van der Waals surface area contributed by atoms with Gasteiger partial charge in [0, 0.05) is 9.26 Å². The van der Waals surface area contributed by atoms with Crippen molar-refractivity contribution in [3.63, 3.8) is 0 Å². The first kappa shape index (κ1) is 11.8. The molecule has 14 heavy (non-hydrogen) atoms. The molecular formula is C10H11ClINO. The maximum absolute atomic E-state index is 11.3. The molecular weight excluding hydrogens is 312 g/mol. The van der Waals surface area contributed by atoms with Crippen molar-refractivity contribution in [3.8, 4) is 0 Å². The van der Waals surface area contributed by atoms with E-state index in [-0.39, 0.29) is 5.91 Å². The highest BCUT2D eigenvalue weighted by Gasteiger charge is 2.10. The van der Waals surface area contributed by atoms with Crippen LogP contribution in [0.25, 0.3) is 0 Å². The van der Waals surface area contributed by atoms with Gasteiger partial charge in [-0.2, -0.15) is 0 Å². The van der Waals surface area contributed by atoms with Gasteiger partial charge in [-0.15, -0.1) is 11.6 Å². The zero-order chi connectivity index (χ0) is 10.7. The molecule has 76 valence electrons. The molecule has 1 unspecified atom stereocenters. The number of halogens is 2. The quantitative estimate of drug-likeness (QED) is 0.657. The molecule has 2 nitrogen and oxygen atoms in total. The average Bonchev–Trinajstić information content (AvgIpc) is 2.12. The second kappa shape index (κ2) is 4.98. The zero-order valence-corrected chi connectivity index (χ0v) is 10.9. The Balaban J connectivity index is 2.87. The molecule has 0 saturated heterocycles. The molecule has 1 aromatic carbocycles. The van der Waals surface area contributed by atoms with Crippen LogP contribution in [-0.4, -0.2) is 11.3 Å². The summed E-state index contributed by atoms with van der Waals surface area (Å²) < 4.78 is 1.13. The van der Waals surface area contributed by atoms with Gasteiger partial charge < -0.3 is 5.32 Å². The first-order valence-electron chi connectivity index (χ1n) is 4.22. The minimum Gasteiger partial charge on any atom is -0.325 e. The van der Waals surface area contributed by atoms with Crippen molar-refractivity contribution in [2.75, 3.05) is 5.32 Å².